The molecule has 1 atom stereocenters. The van der Waals surface area contributed by atoms with E-state index in [4.69, 9.17) is 0 Å². The van der Waals surface area contributed by atoms with Crippen molar-refractivity contribution in [3.05, 3.63) is 35.3 Å². The molecule has 2 aromatic rings. The molecule has 0 saturated carbocycles. The van der Waals surface area contributed by atoms with Crippen LogP contribution in [0.25, 0.3) is 10.6 Å². The molecule has 0 aliphatic heterocycles. The number of benzene rings is 1. The lowest BCUT2D eigenvalue weighted by Crippen LogP contribution is -2.16. The second-order valence-electron chi connectivity index (χ2n) is 4.08. The largest absolute Gasteiger partial charge is 0.310 e. The van der Waals surface area contributed by atoms with Crippen LogP contribution in [0.4, 0.5) is 0 Å². The maximum Gasteiger partial charge on any atom is 0.123 e. The van der Waals surface area contributed by atoms with Gasteiger partial charge >= 0.3 is 0 Å². The Balaban J connectivity index is 2.18. The second-order valence-corrected chi connectivity index (χ2v) is 6.02. The van der Waals surface area contributed by atoms with E-state index in [2.05, 4.69) is 54.7 Å². The van der Waals surface area contributed by atoms with Gasteiger partial charge in [0.25, 0.3) is 0 Å². The molecule has 0 radical (unpaired) electrons. The third kappa shape index (κ3) is 3.13. The molecule has 0 saturated heterocycles. The molecule has 96 valence electrons. The monoisotopic (exact) mass is 278 g/mol. The summed E-state index contributed by atoms with van der Waals surface area (Å²) in [5.74, 6) is 0. The highest BCUT2D eigenvalue weighted by Gasteiger charge is 2.09. The van der Waals surface area contributed by atoms with Gasteiger partial charge in [0, 0.05) is 27.6 Å². The lowest BCUT2D eigenvalue weighted by atomic mass is 10.2. The smallest absolute Gasteiger partial charge is 0.123 e. The van der Waals surface area contributed by atoms with Crippen LogP contribution < -0.4 is 5.32 Å². The van der Waals surface area contributed by atoms with Gasteiger partial charge in [-0.1, -0.05) is 19.1 Å². The number of thioether (sulfide) groups is 1. The molecule has 2 rings (SSSR count). The summed E-state index contributed by atoms with van der Waals surface area (Å²) in [6.45, 7) is 5.29. The van der Waals surface area contributed by atoms with E-state index in [1.54, 1.807) is 23.1 Å². The maximum absolute atomic E-state index is 4.52. The standard InChI is InChI=1S/C14H18N2S2/c1-4-15-10(2)13-9-16-14(18-13)11-5-7-12(17-3)8-6-11/h5-10,15H,4H2,1-3H3. The first-order valence-corrected chi connectivity index (χ1v) is 8.12. The highest BCUT2D eigenvalue weighted by molar-refractivity contribution is 7.98. The summed E-state index contributed by atoms with van der Waals surface area (Å²) < 4.78 is 0. The van der Waals surface area contributed by atoms with E-state index < -0.39 is 0 Å². The van der Waals surface area contributed by atoms with E-state index in [9.17, 15) is 0 Å². The number of nitrogens with one attached hydrogen (secondary N) is 1. The topological polar surface area (TPSA) is 24.9 Å². The average Bonchev–Trinajstić information content (AvgIpc) is 2.89. The predicted molar refractivity (Wildman–Crippen MR) is 81.4 cm³/mol. The van der Waals surface area contributed by atoms with Crippen molar-refractivity contribution in [1.82, 2.24) is 10.3 Å². The van der Waals surface area contributed by atoms with Crippen LogP contribution in [-0.2, 0) is 0 Å². The van der Waals surface area contributed by atoms with Gasteiger partial charge in [-0.3, -0.25) is 0 Å². The highest BCUT2D eigenvalue weighted by atomic mass is 32.2. The normalized spacial score (nSPS) is 12.6. The van der Waals surface area contributed by atoms with Gasteiger partial charge < -0.3 is 5.32 Å². The summed E-state index contributed by atoms with van der Waals surface area (Å²) in [6, 6.07) is 8.97. The van der Waals surface area contributed by atoms with Gasteiger partial charge in [-0.25, -0.2) is 4.98 Å². The van der Waals surface area contributed by atoms with Crippen LogP contribution in [0.1, 0.15) is 24.8 Å². The summed E-state index contributed by atoms with van der Waals surface area (Å²) in [5.41, 5.74) is 1.20. The maximum atomic E-state index is 4.52. The van der Waals surface area contributed by atoms with E-state index in [0.29, 0.717) is 6.04 Å². The Bertz CT molecular complexity index is 491. The molecule has 4 heteroatoms. The summed E-state index contributed by atoms with van der Waals surface area (Å²) in [5, 5.41) is 4.51. The van der Waals surface area contributed by atoms with E-state index in [0.717, 1.165) is 11.6 Å². The Morgan fingerprint density at radius 2 is 2.06 bits per heavy atom. The molecule has 2 nitrogen and oxygen atoms in total. The lowest BCUT2D eigenvalue weighted by molar-refractivity contribution is 0.606. The quantitative estimate of drug-likeness (QED) is 0.830. The van der Waals surface area contributed by atoms with Crippen molar-refractivity contribution in [3.8, 4) is 10.6 Å². The van der Waals surface area contributed by atoms with Crippen LogP contribution >= 0.6 is 23.1 Å². The lowest BCUT2D eigenvalue weighted by Gasteiger charge is -2.08. The number of thiazole rings is 1. The highest BCUT2D eigenvalue weighted by Crippen LogP contribution is 2.29. The van der Waals surface area contributed by atoms with E-state index in [1.807, 2.05) is 6.20 Å². The van der Waals surface area contributed by atoms with Crippen molar-refractivity contribution in [3.63, 3.8) is 0 Å². The van der Waals surface area contributed by atoms with Gasteiger partial charge in [0.1, 0.15) is 5.01 Å². The van der Waals surface area contributed by atoms with Crippen LogP contribution in [0, 0.1) is 0 Å². The molecule has 1 aromatic heterocycles. The van der Waals surface area contributed by atoms with Crippen molar-refractivity contribution in [2.45, 2.75) is 24.8 Å². The number of nitrogens with zero attached hydrogens (tertiary/aromatic N) is 1. The fraction of sp³-hybridized carbons (Fsp3) is 0.357. The minimum atomic E-state index is 0.381. The van der Waals surface area contributed by atoms with Crippen LogP contribution in [0.2, 0.25) is 0 Å². The predicted octanol–water partition coefficient (Wildman–Crippen LogP) is 4.20. The van der Waals surface area contributed by atoms with Crippen LogP contribution in [0.15, 0.2) is 35.4 Å². The number of hydrogen-bond donors (Lipinski definition) is 1. The Morgan fingerprint density at radius 3 is 2.67 bits per heavy atom. The minimum Gasteiger partial charge on any atom is -0.310 e. The number of hydrogen-bond acceptors (Lipinski definition) is 4. The van der Waals surface area contributed by atoms with Crippen molar-refractivity contribution in [1.29, 1.82) is 0 Å². The molecule has 1 N–H and O–H groups in total. The van der Waals surface area contributed by atoms with Crippen LogP contribution in [-0.4, -0.2) is 17.8 Å². The summed E-state index contributed by atoms with van der Waals surface area (Å²) >= 11 is 3.53. The van der Waals surface area contributed by atoms with Crippen molar-refractivity contribution >= 4 is 23.1 Å². The Hall–Kier alpha value is -0.840. The first-order valence-electron chi connectivity index (χ1n) is 6.08. The Labute approximate surface area is 117 Å². The fourth-order valence-electron chi connectivity index (χ4n) is 1.76. The molecular formula is C14H18N2S2. The SMILES string of the molecule is CCNC(C)c1cnc(-c2ccc(SC)cc2)s1. The minimum absolute atomic E-state index is 0.381. The molecule has 0 aliphatic rings. The number of rotatable bonds is 5. The van der Waals surface area contributed by atoms with Gasteiger partial charge in [0.2, 0.25) is 0 Å². The summed E-state index contributed by atoms with van der Waals surface area (Å²) in [7, 11) is 0. The molecule has 1 heterocycles. The first-order chi connectivity index (χ1) is 8.74. The van der Waals surface area contributed by atoms with Crippen molar-refractivity contribution in [2.75, 3.05) is 12.8 Å². The van der Waals surface area contributed by atoms with Gasteiger partial charge in [-0.15, -0.1) is 23.1 Å². The summed E-state index contributed by atoms with van der Waals surface area (Å²) in [4.78, 5) is 7.10. The van der Waals surface area contributed by atoms with E-state index in [1.165, 1.54) is 15.3 Å². The second kappa shape index (κ2) is 6.36. The molecule has 0 aliphatic carbocycles. The van der Waals surface area contributed by atoms with E-state index >= 15 is 0 Å². The average molecular weight is 278 g/mol. The molecule has 18 heavy (non-hydrogen) atoms. The van der Waals surface area contributed by atoms with Gasteiger partial charge in [0.15, 0.2) is 0 Å². The third-order valence-electron chi connectivity index (χ3n) is 2.80. The zero-order valence-electron chi connectivity index (χ0n) is 10.9. The van der Waals surface area contributed by atoms with Gasteiger partial charge in [-0.2, -0.15) is 0 Å². The van der Waals surface area contributed by atoms with Crippen molar-refractivity contribution < 1.29 is 0 Å². The zero-order chi connectivity index (χ0) is 13.0. The fourth-order valence-corrected chi connectivity index (χ4v) is 3.12. The van der Waals surface area contributed by atoms with Gasteiger partial charge in [-0.05, 0) is 31.9 Å². The van der Waals surface area contributed by atoms with E-state index in [-0.39, 0.29) is 0 Å². The summed E-state index contributed by atoms with van der Waals surface area (Å²) in [6.07, 6.45) is 4.07. The van der Waals surface area contributed by atoms with Gasteiger partial charge in [0.05, 0.1) is 0 Å². The zero-order valence-corrected chi connectivity index (χ0v) is 12.6. The molecule has 1 aromatic carbocycles. The third-order valence-corrected chi connectivity index (χ3v) is 4.77. The molecule has 0 spiro atoms. The molecular weight excluding hydrogens is 260 g/mol. The van der Waals surface area contributed by atoms with Crippen LogP contribution in [0.5, 0.6) is 0 Å². The Morgan fingerprint density at radius 1 is 1.33 bits per heavy atom. The Kier molecular flexibility index (Phi) is 4.80. The molecule has 0 amide bonds. The molecule has 0 bridgehead atoms. The van der Waals surface area contributed by atoms with Crippen LogP contribution in [0.3, 0.4) is 0 Å². The molecule has 1 unspecified atom stereocenters. The number of aromatic nitrogens is 1. The first kappa shape index (κ1) is 13.6. The molecule has 0 fully saturated rings. The van der Waals surface area contributed by atoms with Crippen molar-refractivity contribution in [2.24, 2.45) is 0 Å².